The van der Waals surface area contributed by atoms with Crippen LogP contribution in [0.2, 0.25) is 0 Å². The fourth-order valence-electron chi connectivity index (χ4n) is 4.11. The zero-order valence-corrected chi connectivity index (χ0v) is 18.1. The molecule has 5 heteroatoms. The molecule has 0 bridgehead atoms. The molecule has 0 radical (unpaired) electrons. The number of hydrogen-bond donors (Lipinski definition) is 1. The van der Waals surface area contributed by atoms with Gasteiger partial charge in [-0.3, -0.25) is 9.59 Å². The Bertz CT molecular complexity index is 1110. The summed E-state index contributed by atoms with van der Waals surface area (Å²) in [6.45, 7) is 4.72. The number of piperidine rings is 1. The van der Waals surface area contributed by atoms with Gasteiger partial charge >= 0.3 is 0 Å². The second kappa shape index (κ2) is 9.21. The first-order valence-electron chi connectivity index (χ1n) is 10.8. The minimum absolute atomic E-state index is 0.0365. The fraction of sp³-hybridized carbons (Fsp3) is 0.308. The maximum Gasteiger partial charge on any atom is 0.260 e. The molecule has 1 N–H and O–H groups in total. The highest BCUT2D eigenvalue weighted by atomic mass is 16.5. The lowest BCUT2D eigenvalue weighted by molar-refractivity contribution is -0.136. The number of ether oxygens (including phenoxy) is 1. The molecule has 1 aliphatic heterocycles. The molecule has 1 saturated heterocycles. The van der Waals surface area contributed by atoms with Crippen molar-refractivity contribution < 1.29 is 14.3 Å². The van der Waals surface area contributed by atoms with E-state index in [1.807, 2.05) is 72.5 Å². The van der Waals surface area contributed by atoms with Crippen LogP contribution in [-0.2, 0) is 4.79 Å². The molecule has 1 aliphatic rings. The van der Waals surface area contributed by atoms with E-state index >= 15 is 0 Å². The maximum absolute atomic E-state index is 13.1. The van der Waals surface area contributed by atoms with Crippen LogP contribution in [0, 0.1) is 6.92 Å². The van der Waals surface area contributed by atoms with Crippen molar-refractivity contribution >= 4 is 28.3 Å². The van der Waals surface area contributed by atoms with Crippen molar-refractivity contribution in [2.75, 3.05) is 18.5 Å². The van der Waals surface area contributed by atoms with Gasteiger partial charge in [-0.05, 0) is 67.6 Å². The summed E-state index contributed by atoms with van der Waals surface area (Å²) in [6, 6.07) is 19.4. The molecular formula is C26H28N2O3. The number of anilines is 1. The van der Waals surface area contributed by atoms with E-state index in [1.165, 1.54) is 0 Å². The number of hydrogen-bond acceptors (Lipinski definition) is 3. The number of amides is 2. The zero-order chi connectivity index (χ0) is 21.8. The van der Waals surface area contributed by atoms with Crippen LogP contribution in [0.1, 0.15) is 42.1 Å². The summed E-state index contributed by atoms with van der Waals surface area (Å²) in [7, 11) is 0. The maximum atomic E-state index is 13.1. The van der Waals surface area contributed by atoms with Crippen molar-refractivity contribution in [2.24, 2.45) is 0 Å². The lowest BCUT2D eigenvalue weighted by Crippen LogP contribution is -2.44. The van der Waals surface area contributed by atoms with Gasteiger partial charge in [0.25, 0.3) is 11.8 Å². The van der Waals surface area contributed by atoms with Crippen LogP contribution in [0.4, 0.5) is 5.69 Å². The van der Waals surface area contributed by atoms with Gasteiger partial charge in [0.05, 0.1) is 5.56 Å². The Kier molecular flexibility index (Phi) is 6.21. The van der Waals surface area contributed by atoms with Crippen LogP contribution >= 0.6 is 0 Å². The van der Waals surface area contributed by atoms with Gasteiger partial charge in [0.1, 0.15) is 5.75 Å². The lowest BCUT2D eigenvalue weighted by atomic mass is 10.0. The minimum Gasteiger partial charge on any atom is -0.483 e. The third kappa shape index (κ3) is 4.71. The van der Waals surface area contributed by atoms with Crippen LogP contribution in [0.5, 0.6) is 5.75 Å². The number of likely N-dealkylation sites (tertiary alicyclic amines) is 1. The Morgan fingerprint density at radius 2 is 1.74 bits per heavy atom. The van der Waals surface area contributed by atoms with E-state index in [4.69, 9.17) is 4.74 Å². The summed E-state index contributed by atoms with van der Waals surface area (Å²) < 4.78 is 5.95. The number of aryl methyl sites for hydroxylation is 1. The Hall–Kier alpha value is -3.34. The van der Waals surface area contributed by atoms with E-state index in [0.29, 0.717) is 11.3 Å². The van der Waals surface area contributed by atoms with Gasteiger partial charge in [-0.1, -0.05) is 42.5 Å². The largest absolute Gasteiger partial charge is 0.483 e. The van der Waals surface area contributed by atoms with E-state index in [-0.39, 0.29) is 24.5 Å². The first-order chi connectivity index (χ1) is 15.0. The number of fused-ring (bicyclic) bond motifs is 1. The molecule has 3 aromatic carbocycles. The number of nitrogens with one attached hydrogen (secondary N) is 1. The molecule has 0 saturated carbocycles. The molecule has 1 atom stereocenters. The number of para-hydroxylation sites is 1. The number of carbonyl (C=O) groups is 2. The monoisotopic (exact) mass is 416 g/mol. The quantitative estimate of drug-likeness (QED) is 0.623. The number of benzene rings is 3. The average Bonchev–Trinajstić information content (AvgIpc) is 2.78. The Labute approximate surface area is 183 Å². The normalized spacial score (nSPS) is 16.2. The highest BCUT2D eigenvalue weighted by Crippen LogP contribution is 2.28. The zero-order valence-electron chi connectivity index (χ0n) is 18.1. The van der Waals surface area contributed by atoms with Gasteiger partial charge in [0.2, 0.25) is 0 Å². The molecule has 31 heavy (non-hydrogen) atoms. The molecular weight excluding hydrogens is 388 g/mol. The Morgan fingerprint density at radius 1 is 1.03 bits per heavy atom. The molecule has 2 amide bonds. The van der Waals surface area contributed by atoms with Gasteiger partial charge in [-0.2, -0.15) is 0 Å². The fourth-order valence-corrected chi connectivity index (χ4v) is 4.11. The number of nitrogens with zero attached hydrogens (tertiary/aromatic N) is 1. The predicted molar refractivity (Wildman–Crippen MR) is 124 cm³/mol. The highest BCUT2D eigenvalue weighted by Gasteiger charge is 2.24. The minimum atomic E-state index is -0.256. The van der Waals surface area contributed by atoms with Crippen molar-refractivity contribution in [3.63, 3.8) is 0 Å². The molecule has 0 aromatic heterocycles. The van der Waals surface area contributed by atoms with E-state index in [1.54, 1.807) is 0 Å². The molecule has 3 aromatic rings. The molecule has 4 rings (SSSR count). The van der Waals surface area contributed by atoms with Gasteiger partial charge in [0.15, 0.2) is 6.61 Å². The van der Waals surface area contributed by atoms with Crippen molar-refractivity contribution in [1.29, 1.82) is 0 Å². The summed E-state index contributed by atoms with van der Waals surface area (Å²) >= 11 is 0. The summed E-state index contributed by atoms with van der Waals surface area (Å²) in [6.07, 6.45) is 3.20. The summed E-state index contributed by atoms with van der Waals surface area (Å²) in [4.78, 5) is 27.8. The topological polar surface area (TPSA) is 58.6 Å². The van der Waals surface area contributed by atoms with E-state index in [9.17, 15) is 9.59 Å². The molecule has 1 fully saturated rings. The molecule has 160 valence electrons. The first-order valence-corrected chi connectivity index (χ1v) is 10.8. The highest BCUT2D eigenvalue weighted by molar-refractivity contribution is 6.09. The number of rotatable bonds is 5. The van der Waals surface area contributed by atoms with Crippen molar-refractivity contribution in [3.8, 4) is 5.75 Å². The molecule has 0 spiro atoms. The molecule has 5 nitrogen and oxygen atoms in total. The van der Waals surface area contributed by atoms with Crippen LogP contribution in [0.15, 0.2) is 60.7 Å². The molecule has 1 heterocycles. The van der Waals surface area contributed by atoms with E-state index in [2.05, 4.69) is 12.2 Å². The summed E-state index contributed by atoms with van der Waals surface area (Å²) in [5.74, 6) is 0.127. The smallest absolute Gasteiger partial charge is 0.260 e. The van der Waals surface area contributed by atoms with Gasteiger partial charge in [-0.15, -0.1) is 0 Å². The Morgan fingerprint density at radius 3 is 2.48 bits per heavy atom. The second-order valence-electron chi connectivity index (χ2n) is 8.19. The third-order valence-electron chi connectivity index (χ3n) is 5.96. The van der Waals surface area contributed by atoms with Gasteiger partial charge in [0, 0.05) is 18.3 Å². The van der Waals surface area contributed by atoms with Crippen LogP contribution < -0.4 is 10.1 Å². The predicted octanol–water partition coefficient (Wildman–Crippen LogP) is 5.18. The summed E-state index contributed by atoms with van der Waals surface area (Å²) in [5, 5.41) is 4.88. The van der Waals surface area contributed by atoms with Crippen LogP contribution in [-0.4, -0.2) is 35.9 Å². The van der Waals surface area contributed by atoms with Gasteiger partial charge in [-0.25, -0.2) is 0 Å². The standard InChI is InChI=1S/C26H28N2O3/c1-18-9-3-6-13-23(18)27-26(30)22-15-20-11-4-5-12-21(20)16-24(22)31-17-25(29)28-14-8-7-10-19(28)2/h3-6,9,11-13,15-16,19H,7-8,10,14,17H2,1-2H3,(H,27,30)/t19-/m0/s1. The van der Waals surface area contributed by atoms with Crippen molar-refractivity contribution in [3.05, 3.63) is 71.8 Å². The second-order valence-corrected chi connectivity index (χ2v) is 8.19. The SMILES string of the molecule is Cc1ccccc1NC(=O)c1cc2ccccc2cc1OCC(=O)N1CCCC[C@@H]1C. The molecule has 0 aliphatic carbocycles. The lowest BCUT2D eigenvalue weighted by Gasteiger charge is -2.33. The van der Waals surface area contributed by atoms with Crippen molar-refractivity contribution in [2.45, 2.75) is 39.2 Å². The number of carbonyl (C=O) groups excluding carboxylic acids is 2. The average molecular weight is 417 g/mol. The van der Waals surface area contributed by atoms with Crippen LogP contribution in [0.3, 0.4) is 0 Å². The van der Waals surface area contributed by atoms with Crippen LogP contribution in [0.25, 0.3) is 10.8 Å². The Balaban J connectivity index is 1.59. The third-order valence-corrected chi connectivity index (χ3v) is 5.96. The van der Waals surface area contributed by atoms with E-state index < -0.39 is 0 Å². The summed E-state index contributed by atoms with van der Waals surface area (Å²) in [5.41, 5.74) is 2.15. The van der Waals surface area contributed by atoms with E-state index in [0.717, 1.165) is 47.8 Å². The molecule has 0 unspecified atom stereocenters. The first kappa shape index (κ1) is 20.9. The van der Waals surface area contributed by atoms with Crippen molar-refractivity contribution in [1.82, 2.24) is 4.90 Å². The van der Waals surface area contributed by atoms with Gasteiger partial charge < -0.3 is 15.0 Å².